The third-order valence-corrected chi connectivity index (χ3v) is 6.06. The molecule has 0 aliphatic rings. The van der Waals surface area contributed by atoms with Crippen LogP contribution in [-0.2, 0) is 27.4 Å². The summed E-state index contributed by atoms with van der Waals surface area (Å²) in [5.41, 5.74) is 3.25. The summed E-state index contributed by atoms with van der Waals surface area (Å²) in [5.74, 6) is 1.10. The van der Waals surface area contributed by atoms with Gasteiger partial charge in [0.2, 0.25) is 5.91 Å². The van der Waals surface area contributed by atoms with Crippen molar-refractivity contribution in [3.63, 3.8) is 0 Å². The van der Waals surface area contributed by atoms with Gasteiger partial charge in [-0.05, 0) is 19.1 Å². The van der Waals surface area contributed by atoms with Gasteiger partial charge in [-0.15, -0.1) is 11.3 Å². The van der Waals surface area contributed by atoms with Crippen LogP contribution >= 0.6 is 11.3 Å². The molecule has 0 spiro atoms. The van der Waals surface area contributed by atoms with Crippen molar-refractivity contribution >= 4 is 34.0 Å². The fourth-order valence-electron chi connectivity index (χ4n) is 3.40. The number of para-hydroxylation sites is 2. The van der Waals surface area contributed by atoms with Crippen LogP contribution in [0.4, 0.5) is 10.8 Å². The van der Waals surface area contributed by atoms with Crippen molar-refractivity contribution in [3.8, 4) is 17.1 Å². The molecule has 1 amide bonds. The van der Waals surface area contributed by atoms with Crippen molar-refractivity contribution < 1.29 is 23.5 Å². The molecule has 4 aromatic rings. The molecule has 4 rings (SSSR count). The summed E-state index contributed by atoms with van der Waals surface area (Å²) in [4.78, 5) is 34.8. The zero-order valence-corrected chi connectivity index (χ0v) is 20.5. The number of amides is 1. The van der Waals surface area contributed by atoms with E-state index in [1.54, 1.807) is 30.8 Å². The minimum Gasteiger partial charge on any atom is -0.495 e. The van der Waals surface area contributed by atoms with E-state index in [-0.39, 0.29) is 24.9 Å². The number of carbonyl (C=O) groups excluding carboxylic acids is 2. The number of nitrogens with zero attached hydrogens (tertiary/aromatic N) is 3. The molecule has 8 nitrogen and oxygen atoms in total. The second kappa shape index (κ2) is 11.0. The zero-order valence-electron chi connectivity index (χ0n) is 19.7. The predicted octanol–water partition coefficient (Wildman–Crippen LogP) is 5.48. The first-order valence-corrected chi connectivity index (χ1v) is 11.9. The van der Waals surface area contributed by atoms with Gasteiger partial charge in [0.25, 0.3) is 0 Å². The van der Waals surface area contributed by atoms with Crippen molar-refractivity contribution in [2.75, 3.05) is 12.0 Å². The Morgan fingerprint density at radius 1 is 1.11 bits per heavy atom. The number of rotatable bonds is 9. The third-order valence-electron chi connectivity index (χ3n) is 5.19. The lowest BCUT2D eigenvalue weighted by Gasteiger charge is -2.20. The van der Waals surface area contributed by atoms with Crippen LogP contribution in [0.15, 0.2) is 64.5 Å². The summed E-state index contributed by atoms with van der Waals surface area (Å²) >= 11 is 1.29. The average Bonchev–Trinajstić information content (AvgIpc) is 3.52. The van der Waals surface area contributed by atoms with Gasteiger partial charge in [0, 0.05) is 24.3 Å². The first-order valence-electron chi connectivity index (χ1n) is 11.0. The Balaban J connectivity index is 1.32. The van der Waals surface area contributed by atoms with Crippen LogP contribution in [0, 0.1) is 6.92 Å². The number of hydrogen-bond donors (Lipinski definition) is 0. The number of anilines is 2. The van der Waals surface area contributed by atoms with Crippen molar-refractivity contribution in [1.82, 2.24) is 9.97 Å². The average molecular weight is 492 g/mol. The van der Waals surface area contributed by atoms with Gasteiger partial charge in [0.05, 0.1) is 31.1 Å². The molecular weight excluding hydrogens is 466 g/mol. The number of benzene rings is 2. The highest BCUT2D eigenvalue weighted by atomic mass is 32.1. The summed E-state index contributed by atoms with van der Waals surface area (Å²) in [6.07, 6.45) is 2.12. The minimum atomic E-state index is -0.386. The maximum Gasteiger partial charge on any atom is 0.306 e. The molecule has 0 N–H and O–H groups in total. The van der Waals surface area contributed by atoms with Crippen molar-refractivity contribution in [1.29, 1.82) is 0 Å². The highest BCUT2D eigenvalue weighted by Crippen LogP contribution is 2.35. The van der Waals surface area contributed by atoms with Gasteiger partial charge in [-0.3, -0.25) is 14.5 Å². The Bertz CT molecular complexity index is 1310. The lowest BCUT2D eigenvalue weighted by Crippen LogP contribution is -2.23. The first kappa shape index (κ1) is 24.2. The normalized spacial score (nSPS) is 10.7. The lowest BCUT2D eigenvalue weighted by atomic mass is 10.1. The highest BCUT2D eigenvalue weighted by molar-refractivity contribution is 7.14. The molecule has 0 fully saturated rings. The molecule has 0 aliphatic carbocycles. The van der Waals surface area contributed by atoms with E-state index in [1.807, 2.05) is 43.3 Å². The predicted molar refractivity (Wildman–Crippen MR) is 133 cm³/mol. The van der Waals surface area contributed by atoms with Crippen LogP contribution in [0.1, 0.15) is 30.5 Å². The molecule has 2 aromatic heterocycles. The topological polar surface area (TPSA) is 94.8 Å². The van der Waals surface area contributed by atoms with E-state index < -0.39 is 0 Å². The van der Waals surface area contributed by atoms with E-state index in [0.29, 0.717) is 40.3 Å². The summed E-state index contributed by atoms with van der Waals surface area (Å²) in [6, 6.07) is 15.2. The largest absolute Gasteiger partial charge is 0.495 e. The summed E-state index contributed by atoms with van der Waals surface area (Å²) < 4.78 is 16.5. The fourth-order valence-corrected chi connectivity index (χ4v) is 4.26. The van der Waals surface area contributed by atoms with Gasteiger partial charge in [-0.25, -0.2) is 9.97 Å². The number of aromatic nitrogens is 2. The molecule has 0 saturated heterocycles. The SMILES string of the molecule is COc1ccccc1N(C(C)=O)c1nc(COC(=O)CCc2ncc(-c3ccc(C)cc3)o2)cs1. The van der Waals surface area contributed by atoms with E-state index in [0.717, 1.165) is 11.1 Å². The molecule has 180 valence electrons. The van der Waals surface area contributed by atoms with Crippen LogP contribution in [0.25, 0.3) is 11.3 Å². The van der Waals surface area contributed by atoms with Crippen LogP contribution in [0.2, 0.25) is 0 Å². The summed E-state index contributed by atoms with van der Waals surface area (Å²) in [6.45, 7) is 3.49. The van der Waals surface area contributed by atoms with Gasteiger partial charge in [-0.2, -0.15) is 0 Å². The van der Waals surface area contributed by atoms with Crippen LogP contribution in [-0.4, -0.2) is 29.0 Å². The molecule has 0 radical (unpaired) electrons. The Labute approximate surface area is 207 Å². The number of ether oxygens (including phenoxy) is 2. The summed E-state index contributed by atoms with van der Waals surface area (Å²) in [5, 5.41) is 2.23. The Hall–Kier alpha value is -3.98. The van der Waals surface area contributed by atoms with E-state index in [9.17, 15) is 9.59 Å². The lowest BCUT2D eigenvalue weighted by molar-refractivity contribution is -0.145. The third kappa shape index (κ3) is 5.93. The smallest absolute Gasteiger partial charge is 0.306 e. The highest BCUT2D eigenvalue weighted by Gasteiger charge is 2.21. The first-order chi connectivity index (χ1) is 16.9. The van der Waals surface area contributed by atoms with Gasteiger partial charge in [0.1, 0.15) is 12.4 Å². The number of methoxy groups -OCH3 is 1. The van der Waals surface area contributed by atoms with Crippen molar-refractivity contribution in [2.45, 2.75) is 33.3 Å². The standard InChI is InChI=1S/C26H25N3O5S/c1-17-8-10-19(11-9-17)23-14-27-24(34-23)12-13-25(31)33-15-20-16-35-26(28-20)29(18(2)30)21-6-4-5-7-22(21)32-3/h4-11,14,16H,12-13,15H2,1-3H3. The molecule has 0 atom stereocenters. The zero-order chi connectivity index (χ0) is 24.8. The Kier molecular flexibility index (Phi) is 7.57. The molecular formula is C26H25N3O5S. The summed E-state index contributed by atoms with van der Waals surface area (Å²) in [7, 11) is 1.55. The number of thiazole rings is 1. The molecule has 2 heterocycles. The van der Waals surface area contributed by atoms with Crippen molar-refractivity contribution in [3.05, 3.63) is 77.3 Å². The number of esters is 1. The van der Waals surface area contributed by atoms with E-state index in [1.165, 1.54) is 23.2 Å². The molecule has 0 unspecified atom stereocenters. The van der Waals surface area contributed by atoms with Gasteiger partial charge in [-0.1, -0.05) is 42.0 Å². The fraction of sp³-hybridized carbons (Fsp3) is 0.231. The number of carbonyl (C=O) groups is 2. The van der Waals surface area contributed by atoms with E-state index >= 15 is 0 Å². The van der Waals surface area contributed by atoms with Crippen LogP contribution in [0.5, 0.6) is 5.75 Å². The van der Waals surface area contributed by atoms with Crippen LogP contribution < -0.4 is 9.64 Å². The molecule has 0 aliphatic heterocycles. The number of hydrogen-bond acceptors (Lipinski definition) is 8. The van der Waals surface area contributed by atoms with Gasteiger partial charge < -0.3 is 13.9 Å². The molecule has 9 heteroatoms. The Morgan fingerprint density at radius 3 is 2.63 bits per heavy atom. The van der Waals surface area contributed by atoms with E-state index in [4.69, 9.17) is 13.9 Å². The van der Waals surface area contributed by atoms with Crippen molar-refractivity contribution in [2.24, 2.45) is 0 Å². The number of aryl methyl sites for hydroxylation is 2. The quantitative estimate of drug-likeness (QED) is 0.286. The van der Waals surface area contributed by atoms with Gasteiger partial charge in [0.15, 0.2) is 16.8 Å². The Morgan fingerprint density at radius 2 is 1.89 bits per heavy atom. The van der Waals surface area contributed by atoms with Gasteiger partial charge >= 0.3 is 5.97 Å². The van der Waals surface area contributed by atoms with E-state index in [2.05, 4.69) is 9.97 Å². The maximum atomic E-state index is 12.4. The maximum absolute atomic E-state index is 12.4. The van der Waals surface area contributed by atoms with Crippen LogP contribution in [0.3, 0.4) is 0 Å². The number of oxazole rings is 1. The minimum absolute atomic E-state index is 0.00715. The monoisotopic (exact) mass is 491 g/mol. The molecule has 2 aromatic carbocycles. The molecule has 35 heavy (non-hydrogen) atoms. The molecule has 0 saturated carbocycles. The second-order valence-electron chi connectivity index (χ2n) is 7.79. The second-order valence-corrected chi connectivity index (χ2v) is 8.63. The molecule has 0 bridgehead atoms.